The van der Waals surface area contributed by atoms with Gasteiger partial charge in [-0.25, -0.2) is 4.39 Å². The maximum Gasteiger partial charge on any atom is 0.224 e. The van der Waals surface area contributed by atoms with Gasteiger partial charge in [0, 0.05) is 13.0 Å². The molecule has 0 heterocycles. The fourth-order valence-electron chi connectivity index (χ4n) is 2.10. The molecule has 0 aromatic heterocycles. The van der Waals surface area contributed by atoms with Crippen LogP contribution in [-0.4, -0.2) is 11.0 Å². The molecule has 0 aliphatic heterocycles. The van der Waals surface area contributed by atoms with E-state index < -0.39 is 5.82 Å². The molecule has 0 saturated heterocycles. The third-order valence-electron chi connectivity index (χ3n) is 3.45. The summed E-state index contributed by atoms with van der Waals surface area (Å²) in [7, 11) is 0. The molecule has 0 saturated carbocycles. The van der Waals surface area contributed by atoms with Crippen molar-refractivity contribution in [1.82, 2.24) is 0 Å². The molecule has 0 unspecified atom stereocenters. The predicted molar refractivity (Wildman–Crippen MR) is 94.3 cm³/mol. The minimum Gasteiger partial charge on any atom is -0.508 e. The Morgan fingerprint density at radius 3 is 2.54 bits per heavy atom. The number of rotatable bonds is 7. The number of halogens is 1. The number of hydrogen-bond donors (Lipinski definition) is 4. The number of nitrogen functional groups attached to an aromatic ring is 1. The number of carbonyl (C=O) groups excluding carboxylic acids is 1. The second-order valence-corrected chi connectivity index (χ2v) is 5.28. The Morgan fingerprint density at radius 2 is 1.88 bits per heavy atom. The van der Waals surface area contributed by atoms with E-state index in [9.17, 15) is 14.3 Å². The number of amides is 1. The molecule has 5 N–H and O–H groups in total. The molecule has 5 nitrogen and oxygen atoms in total. The molecular weight excluding hydrogens is 309 g/mol. The van der Waals surface area contributed by atoms with Crippen LogP contribution < -0.4 is 16.4 Å². The molecule has 0 aliphatic carbocycles. The van der Waals surface area contributed by atoms with Crippen molar-refractivity contribution in [1.29, 1.82) is 0 Å². The van der Waals surface area contributed by atoms with E-state index in [2.05, 4.69) is 17.2 Å². The first-order valence-corrected chi connectivity index (χ1v) is 7.51. The van der Waals surface area contributed by atoms with Gasteiger partial charge < -0.3 is 21.5 Å². The fourth-order valence-corrected chi connectivity index (χ4v) is 2.10. The van der Waals surface area contributed by atoms with E-state index >= 15 is 0 Å². The summed E-state index contributed by atoms with van der Waals surface area (Å²) in [5.74, 6) is -0.688. The second-order valence-electron chi connectivity index (χ2n) is 5.28. The van der Waals surface area contributed by atoms with Crippen LogP contribution in [0.15, 0.2) is 49.1 Å². The average molecular weight is 329 g/mol. The number of hydrogen-bond acceptors (Lipinski definition) is 4. The van der Waals surface area contributed by atoms with Gasteiger partial charge in [0.1, 0.15) is 5.75 Å². The second kappa shape index (κ2) is 8.01. The lowest BCUT2D eigenvalue weighted by molar-refractivity contribution is -0.116. The standard InChI is InChI=1S/C18H20FN3O2/c1-2-3-4-16(24)22-15-10-9-14(17(19)18(15)20)21-11-12-5-7-13(23)8-6-12/h2,5-10,21,23H,1,3-4,11,20H2,(H,22,24). The van der Waals surface area contributed by atoms with Crippen LogP contribution in [0.25, 0.3) is 0 Å². The van der Waals surface area contributed by atoms with E-state index in [1.165, 1.54) is 6.07 Å². The summed E-state index contributed by atoms with van der Waals surface area (Å²) >= 11 is 0. The number of benzene rings is 2. The van der Waals surface area contributed by atoms with Gasteiger partial charge in [-0.3, -0.25) is 4.79 Å². The molecule has 2 rings (SSSR count). The lowest BCUT2D eigenvalue weighted by Gasteiger charge is -2.13. The highest BCUT2D eigenvalue weighted by Crippen LogP contribution is 2.28. The normalized spacial score (nSPS) is 10.2. The molecular formula is C18H20FN3O2. The van der Waals surface area contributed by atoms with Crippen molar-refractivity contribution in [3.8, 4) is 5.75 Å². The summed E-state index contributed by atoms with van der Waals surface area (Å²) in [5.41, 5.74) is 7.02. The van der Waals surface area contributed by atoms with Crippen LogP contribution >= 0.6 is 0 Å². The minimum absolute atomic E-state index is 0.113. The van der Waals surface area contributed by atoms with Gasteiger partial charge in [0.25, 0.3) is 0 Å². The highest BCUT2D eigenvalue weighted by atomic mass is 19.1. The highest BCUT2D eigenvalue weighted by Gasteiger charge is 2.12. The van der Waals surface area contributed by atoms with Crippen LogP contribution in [0.4, 0.5) is 21.5 Å². The van der Waals surface area contributed by atoms with Crippen molar-refractivity contribution in [2.45, 2.75) is 19.4 Å². The Hall–Kier alpha value is -3.02. The Bertz CT molecular complexity index is 730. The Morgan fingerprint density at radius 1 is 1.21 bits per heavy atom. The van der Waals surface area contributed by atoms with E-state index in [0.717, 1.165) is 5.56 Å². The first-order valence-electron chi connectivity index (χ1n) is 7.51. The number of carbonyl (C=O) groups is 1. The highest BCUT2D eigenvalue weighted by molar-refractivity contribution is 5.94. The van der Waals surface area contributed by atoms with Crippen molar-refractivity contribution in [2.24, 2.45) is 0 Å². The van der Waals surface area contributed by atoms with Crippen LogP contribution in [-0.2, 0) is 11.3 Å². The largest absolute Gasteiger partial charge is 0.508 e. The number of aromatic hydroxyl groups is 1. The summed E-state index contributed by atoms with van der Waals surface area (Å²) in [6, 6.07) is 9.67. The molecule has 24 heavy (non-hydrogen) atoms. The number of phenols is 1. The average Bonchev–Trinajstić information content (AvgIpc) is 2.58. The first-order chi connectivity index (χ1) is 11.5. The summed E-state index contributed by atoms with van der Waals surface area (Å²) in [4.78, 5) is 11.7. The Balaban J connectivity index is 2.04. The van der Waals surface area contributed by atoms with Gasteiger partial charge in [0.15, 0.2) is 5.82 Å². The molecule has 0 fully saturated rings. The van der Waals surface area contributed by atoms with Crippen molar-refractivity contribution in [2.75, 3.05) is 16.4 Å². The van der Waals surface area contributed by atoms with E-state index in [4.69, 9.17) is 5.73 Å². The summed E-state index contributed by atoms with van der Waals surface area (Å²) in [5, 5.41) is 14.8. The number of phenolic OH excluding ortho intramolecular Hbond substituents is 1. The van der Waals surface area contributed by atoms with Gasteiger partial charge in [0.05, 0.1) is 17.1 Å². The van der Waals surface area contributed by atoms with Crippen LogP contribution in [0.1, 0.15) is 18.4 Å². The van der Waals surface area contributed by atoms with Gasteiger partial charge in [-0.15, -0.1) is 6.58 Å². The van der Waals surface area contributed by atoms with Gasteiger partial charge in [-0.05, 0) is 36.2 Å². The summed E-state index contributed by atoms with van der Waals surface area (Å²) < 4.78 is 14.3. The van der Waals surface area contributed by atoms with Crippen molar-refractivity contribution < 1.29 is 14.3 Å². The lowest BCUT2D eigenvalue weighted by atomic mass is 10.2. The molecule has 0 aliphatic rings. The SMILES string of the molecule is C=CCCC(=O)Nc1ccc(NCc2ccc(O)cc2)c(F)c1N. The minimum atomic E-state index is -0.615. The van der Waals surface area contributed by atoms with Gasteiger partial charge >= 0.3 is 0 Å². The third-order valence-corrected chi connectivity index (χ3v) is 3.45. The molecule has 0 spiro atoms. The maximum absolute atomic E-state index is 14.3. The van der Waals surface area contributed by atoms with Gasteiger partial charge in [0.2, 0.25) is 5.91 Å². The van der Waals surface area contributed by atoms with Crippen LogP contribution in [0.5, 0.6) is 5.75 Å². The van der Waals surface area contributed by atoms with Crippen LogP contribution in [0.2, 0.25) is 0 Å². The van der Waals surface area contributed by atoms with Gasteiger partial charge in [-0.2, -0.15) is 0 Å². The monoisotopic (exact) mass is 329 g/mol. The van der Waals surface area contributed by atoms with Crippen LogP contribution in [0, 0.1) is 5.82 Å². The lowest BCUT2D eigenvalue weighted by Crippen LogP contribution is -2.13. The third kappa shape index (κ3) is 4.49. The van der Waals surface area contributed by atoms with E-state index in [1.54, 1.807) is 36.4 Å². The van der Waals surface area contributed by atoms with E-state index in [0.29, 0.717) is 13.0 Å². The molecule has 0 radical (unpaired) electrons. The molecule has 0 atom stereocenters. The Labute approximate surface area is 140 Å². The fraction of sp³-hybridized carbons (Fsp3) is 0.167. The van der Waals surface area contributed by atoms with E-state index in [-0.39, 0.29) is 35.1 Å². The zero-order valence-electron chi connectivity index (χ0n) is 13.2. The zero-order chi connectivity index (χ0) is 17.5. The smallest absolute Gasteiger partial charge is 0.224 e. The first kappa shape index (κ1) is 17.3. The molecule has 1 amide bonds. The molecule has 126 valence electrons. The number of nitrogens with two attached hydrogens (primary N) is 1. The summed E-state index contributed by atoms with van der Waals surface area (Å²) in [6.07, 6.45) is 2.45. The van der Waals surface area contributed by atoms with Gasteiger partial charge in [-0.1, -0.05) is 18.2 Å². The van der Waals surface area contributed by atoms with Crippen molar-refractivity contribution in [3.63, 3.8) is 0 Å². The molecule has 6 heteroatoms. The predicted octanol–water partition coefficient (Wildman–Crippen LogP) is 3.63. The topological polar surface area (TPSA) is 87.4 Å². The maximum atomic E-state index is 14.3. The quantitative estimate of drug-likeness (QED) is 0.461. The molecule has 2 aromatic carbocycles. The van der Waals surface area contributed by atoms with Crippen molar-refractivity contribution >= 4 is 23.0 Å². The van der Waals surface area contributed by atoms with Crippen LogP contribution in [0.3, 0.4) is 0 Å². The summed E-state index contributed by atoms with van der Waals surface area (Å²) in [6.45, 7) is 3.92. The number of anilines is 3. The number of nitrogens with one attached hydrogen (secondary N) is 2. The van der Waals surface area contributed by atoms with E-state index in [1.807, 2.05) is 0 Å². The zero-order valence-corrected chi connectivity index (χ0v) is 13.2. The molecule has 0 bridgehead atoms. The van der Waals surface area contributed by atoms with Crippen molar-refractivity contribution in [3.05, 3.63) is 60.4 Å². The number of allylic oxidation sites excluding steroid dienone is 1. The molecule has 2 aromatic rings. The Kier molecular flexibility index (Phi) is 5.78.